The fraction of sp³-hybridized carbons (Fsp3) is 0.571. The highest BCUT2D eigenvalue weighted by atomic mass is 16.3. The second kappa shape index (κ2) is 6.54. The normalized spacial score (nSPS) is 12.5. The Balaban J connectivity index is 2.76. The van der Waals surface area contributed by atoms with Crippen LogP contribution in [0.3, 0.4) is 0 Å². The van der Waals surface area contributed by atoms with E-state index in [0.717, 1.165) is 31.5 Å². The fourth-order valence-electron chi connectivity index (χ4n) is 1.88. The van der Waals surface area contributed by atoms with Gasteiger partial charge in [-0.25, -0.2) is 0 Å². The van der Waals surface area contributed by atoms with Crippen molar-refractivity contribution >= 4 is 5.69 Å². The van der Waals surface area contributed by atoms with Gasteiger partial charge in [0.15, 0.2) is 0 Å². The van der Waals surface area contributed by atoms with Crippen LogP contribution in [0.25, 0.3) is 0 Å². The van der Waals surface area contributed by atoms with Crippen LogP contribution in [-0.2, 0) is 0 Å². The van der Waals surface area contributed by atoms with Gasteiger partial charge < -0.3 is 10.0 Å². The molecule has 0 aromatic heterocycles. The van der Waals surface area contributed by atoms with Crippen LogP contribution in [0, 0.1) is 0 Å². The minimum absolute atomic E-state index is 0.324. The maximum Gasteiger partial charge on any atom is 0.0787 e. The highest BCUT2D eigenvalue weighted by Crippen LogP contribution is 2.21. The summed E-state index contributed by atoms with van der Waals surface area (Å²) in [7, 11) is 0. The molecule has 1 aromatic rings. The van der Waals surface area contributed by atoms with Gasteiger partial charge in [-0.15, -0.1) is 0 Å². The third kappa shape index (κ3) is 3.24. The van der Waals surface area contributed by atoms with Gasteiger partial charge in [-0.05, 0) is 37.5 Å². The third-order valence-electron chi connectivity index (χ3n) is 2.90. The molecule has 2 nitrogen and oxygen atoms in total. The first-order valence-corrected chi connectivity index (χ1v) is 6.25. The van der Waals surface area contributed by atoms with Gasteiger partial charge in [0, 0.05) is 18.8 Å². The molecular weight excluding hydrogens is 198 g/mol. The number of benzene rings is 1. The lowest BCUT2D eigenvalue weighted by Gasteiger charge is -2.22. The largest absolute Gasteiger partial charge is 0.388 e. The molecular formula is C14H23NO. The van der Waals surface area contributed by atoms with Crippen molar-refractivity contribution in [2.75, 3.05) is 18.0 Å². The fourth-order valence-corrected chi connectivity index (χ4v) is 1.88. The highest BCUT2D eigenvalue weighted by Gasteiger charge is 2.06. The van der Waals surface area contributed by atoms with Gasteiger partial charge in [-0.1, -0.05) is 26.0 Å². The van der Waals surface area contributed by atoms with E-state index in [2.05, 4.69) is 30.9 Å². The maximum atomic E-state index is 9.71. The average Bonchev–Trinajstić information content (AvgIpc) is 2.35. The van der Waals surface area contributed by atoms with E-state index in [9.17, 15) is 5.11 Å². The summed E-state index contributed by atoms with van der Waals surface area (Å²) in [5, 5.41) is 9.71. The molecule has 0 unspecified atom stereocenters. The molecule has 0 amide bonds. The van der Waals surface area contributed by atoms with Crippen LogP contribution in [0.5, 0.6) is 0 Å². The smallest absolute Gasteiger partial charge is 0.0787 e. The molecule has 1 atom stereocenters. The predicted molar refractivity (Wildman–Crippen MR) is 69.9 cm³/mol. The Hall–Kier alpha value is -1.02. The molecule has 0 spiro atoms. The number of aliphatic hydroxyl groups excluding tert-OH is 1. The quantitative estimate of drug-likeness (QED) is 0.796. The molecule has 0 bridgehead atoms. The van der Waals surface area contributed by atoms with Crippen molar-refractivity contribution in [3.05, 3.63) is 29.8 Å². The van der Waals surface area contributed by atoms with Crippen LogP contribution in [0.4, 0.5) is 5.69 Å². The van der Waals surface area contributed by atoms with Gasteiger partial charge in [0.1, 0.15) is 0 Å². The molecule has 0 fully saturated rings. The van der Waals surface area contributed by atoms with E-state index < -0.39 is 0 Å². The van der Waals surface area contributed by atoms with Gasteiger partial charge in [-0.2, -0.15) is 0 Å². The summed E-state index contributed by atoms with van der Waals surface area (Å²) < 4.78 is 0. The lowest BCUT2D eigenvalue weighted by Crippen LogP contribution is -2.23. The lowest BCUT2D eigenvalue weighted by molar-refractivity contribution is 0.173. The van der Waals surface area contributed by atoms with Gasteiger partial charge >= 0.3 is 0 Å². The molecule has 1 N–H and O–H groups in total. The maximum absolute atomic E-state index is 9.71. The third-order valence-corrected chi connectivity index (χ3v) is 2.90. The summed E-state index contributed by atoms with van der Waals surface area (Å²) >= 11 is 0. The molecule has 0 saturated carbocycles. The van der Waals surface area contributed by atoms with E-state index >= 15 is 0 Å². The van der Waals surface area contributed by atoms with E-state index in [1.807, 2.05) is 19.1 Å². The highest BCUT2D eigenvalue weighted by molar-refractivity contribution is 5.47. The molecule has 0 radical (unpaired) electrons. The van der Waals surface area contributed by atoms with Crippen molar-refractivity contribution in [3.63, 3.8) is 0 Å². The van der Waals surface area contributed by atoms with Gasteiger partial charge in [0.25, 0.3) is 0 Å². The zero-order valence-corrected chi connectivity index (χ0v) is 10.6. The predicted octanol–water partition coefficient (Wildman–Crippen LogP) is 3.37. The molecule has 0 aliphatic rings. The number of aliphatic hydroxyl groups is 1. The molecule has 0 aliphatic heterocycles. The van der Waals surface area contributed by atoms with Crippen molar-refractivity contribution in [2.24, 2.45) is 0 Å². The van der Waals surface area contributed by atoms with Crippen LogP contribution in [-0.4, -0.2) is 18.2 Å². The summed E-state index contributed by atoms with van der Waals surface area (Å²) in [4.78, 5) is 2.35. The van der Waals surface area contributed by atoms with Crippen molar-refractivity contribution in [3.8, 4) is 0 Å². The minimum Gasteiger partial charge on any atom is -0.388 e. The first-order chi connectivity index (χ1) is 7.72. The van der Waals surface area contributed by atoms with Crippen molar-refractivity contribution in [1.82, 2.24) is 0 Å². The average molecular weight is 221 g/mol. The Morgan fingerprint density at radius 1 is 1.12 bits per heavy atom. The molecule has 1 rings (SSSR count). The van der Waals surface area contributed by atoms with Crippen LogP contribution >= 0.6 is 0 Å². The Labute approximate surface area is 98.9 Å². The minimum atomic E-state index is -0.324. The van der Waals surface area contributed by atoms with Crippen LogP contribution in [0.15, 0.2) is 24.3 Å². The molecule has 0 aliphatic carbocycles. The zero-order chi connectivity index (χ0) is 12.0. The topological polar surface area (TPSA) is 23.5 Å². The van der Waals surface area contributed by atoms with Crippen molar-refractivity contribution < 1.29 is 5.11 Å². The van der Waals surface area contributed by atoms with Crippen LogP contribution in [0.1, 0.15) is 45.3 Å². The van der Waals surface area contributed by atoms with Gasteiger partial charge in [0.05, 0.1) is 6.10 Å². The van der Waals surface area contributed by atoms with E-state index in [0.29, 0.717) is 0 Å². The molecule has 1 aromatic carbocycles. The Bertz CT molecular complexity index is 294. The number of hydrogen-bond donors (Lipinski definition) is 1. The number of anilines is 1. The van der Waals surface area contributed by atoms with Crippen molar-refractivity contribution in [2.45, 2.75) is 39.7 Å². The number of hydrogen-bond acceptors (Lipinski definition) is 2. The van der Waals surface area contributed by atoms with Crippen LogP contribution < -0.4 is 4.90 Å². The molecule has 90 valence electrons. The summed E-state index contributed by atoms with van der Waals surface area (Å²) in [5.41, 5.74) is 2.26. The number of nitrogens with zero attached hydrogens (tertiary/aromatic N) is 1. The first kappa shape index (κ1) is 13.0. The Morgan fingerprint density at radius 3 is 2.19 bits per heavy atom. The van der Waals surface area contributed by atoms with E-state index in [-0.39, 0.29) is 6.10 Å². The molecule has 0 heterocycles. The standard InChI is InChI=1S/C14H23NO/c1-4-11-15(6-3)13-9-7-12(8-10-13)14(16)5-2/h7-10,14,16H,4-6,11H2,1-3H3/t14-/m0/s1. The van der Waals surface area contributed by atoms with E-state index in [1.165, 1.54) is 5.69 Å². The summed E-state index contributed by atoms with van der Waals surface area (Å²) in [6.07, 6.45) is 1.61. The monoisotopic (exact) mass is 221 g/mol. The Morgan fingerprint density at radius 2 is 1.75 bits per heavy atom. The van der Waals surface area contributed by atoms with Crippen molar-refractivity contribution in [1.29, 1.82) is 0 Å². The van der Waals surface area contributed by atoms with E-state index in [4.69, 9.17) is 0 Å². The van der Waals surface area contributed by atoms with Crippen LogP contribution in [0.2, 0.25) is 0 Å². The van der Waals surface area contributed by atoms with E-state index in [1.54, 1.807) is 0 Å². The molecule has 16 heavy (non-hydrogen) atoms. The first-order valence-electron chi connectivity index (χ1n) is 6.25. The lowest BCUT2D eigenvalue weighted by atomic mass is 10.1. The zero-order valence-electron chi connectivity index (χ0n) is 10.6. The SMILES string of the molecule is CCCN(CC)c1ccc([C@@H](O)CC)cc1. The van der Waals surface area contributed by atoms with Gasteiger partial charge in [0.2, 0.25) is 0 Å². The summed E-state index contributed by atoms with van der Waals surface area (Å²) in [6.45, 7) is 8.48. The molecule has 2 heteroatoms. The summed E-state index contributed by atoms with van der Waals surface area (Å²) in [5.74, 6) is 0. The second-order valence-corrected chi connectivity index (χ2v) is 4.10. The van der Waals surface area contributed by atoms with Gasteiger partial charge in [-0.3, -0.25) is 0 Å². The number of rotatable bonds is 6. The Kier molecular flexibility index (Phi) is 5.33. The summed E-state index contributed by atoms with van der Waals surface area (Å²) in [6, 6.07) is 8.27. The second-order valence-electron chi connectivity index (χ2n) is 4.10. The molecule has 0 saturated heterocycles.